The Labute approximate surface area is 162 Å². The second kappa shape index (κ2) is 8.22. The first-order valence-electron chi connectivity index (χ1n) is 7.42. The highest BCUT2D eigenvalue weighted by Crippen LogP contribution is 2.31. The lowest BCUT2D eigenvalue weighted by molar-refractivity contribution is 1.40. The number of fused-ring (bicyclic) bond motifs is 1. The van der Waals surface area contributed by atoms with E-state index in [4.69, 9.17) is 4.98 Å². The van der Waals surface area contributed by atoms with Crippen LogP contribution < -0.4 is 0 Å². The molecule has 0 saturated heterocycles. The van der Waals surface area contributed by atoms with Crippen molar-refractivity contribution in [3.05, 3.63) is 91.0 Å². The van der Waals surface area contributed by atoms with Crippen LogP contribution in [0.1, 0.15) is 0 Å². The van der Waals surface area contributed by atoms with E-state index >= 15 is 0 Å². The molecule has 0 amide bonds. The van der Waals surface area contributed by atoms with Crippen molar-refractivity contribution in [1.29, 1.82) is 0 Å². The topological polar surface area (TPSA) is 12.9 Å². The van der Waals surface area contributed by atoms with Gasteiger partial charge in [0, 0.05) is 10.9 Å². The Morgan fingerprint density at radius 3 is 1.92 bits per heavy atom. The van der Waals surface area contributed by atoms with Crippen LogP contribution in [0.25, 0.3) is 33.3 Å². The van der Waals surface area contributed by atoms with E-state index in [9.17, 15) is 0 Å². The fourth-order valence-corrected chi connectivity index (χ4v) is 2.79. The molecule has 0 aliphatic rings. The highest BCUT2D eigenvalue weighted by molar-refractivity contribution is 8.93. The van der Waals surface area contributed by atoms with Crippen molar-refractivity contribution in [2.24, 2.45) is 0 Å². The number of pyridine rings is 1. The second-order valence-electron chi connectivity index (χ2n) is 5.30. The van der Waals surface area contributed by atoms with Gasteiger partial charge in [-0.25, -0.2) is 4.98 Å². The number of aromatic nitrogens is 1. The van der Waals surface area contributed by atoms with Crippen LogP contribution in [0.3, 0.4) is 0 Å². The van der Waals surface area contributed by atoms with Crippen LogP contribution in [-0.4, -0.2) is 4.98 Å². The normalized spacial score (nSPS) is 9.83. The summed E-state index contributed by atoms with van der Waals surface area (Å²) in [4.78, 5) is 4.83. The van der Waals surface area contributed by atoms with Crippen LogP contribution in [0, 0.1) is 0 Å². The van der Waals surface area contributed by atoms with Crippen LogP contribution in [-0.2, 0) is 0 Å². The van der Waals surface area contributed by atoms with Crippen molar-refractivity contribution < 1.29 is 0 Å². The van der Waals surface area contributed by atoms with E-state index < -0.39 is 0 Å². The second-order valence-corrected chi connectivity index (χ2v) is 5.30. The lowest BCUT2D eigenvalue weighted by Crippen LogP contribution is -1.88. The predicted molar refractivity (Wildman–Crippen MR) is 113 cm³/mol. The Bertz CT molecular complexity index is 936. The third kappa shape index (κ3) is 3.58. The Morgan fingerprint density at radius 2 is 1.12 bits per heavy atom. The molecule has 3 aromatic carbocycles. The van der Waals surface area contributed by atoms with Crippen LogP contribution in [0.15, 0.2) is 91.0 Å². The molecular weight excluding hydrogens is 426 g/mol. The van der Waals surface area contributed by atoms with Gasteiger partial charge in [-0.05, 0) is 23.3 Å². The molecule has 1 nitrogen and oxygen atoms in total. The summed E-state index contributed by atoms with van der Waals surface area (Å²) in [5, 5.41) is 1.17. The Morgan fingerprint density at radius 1 is 0.500 bits per heavy atom. The van der Waals surface area contributed by atoms with Gasteiger partial charge >= 0.3 is 0 Å². The summed E-state index contributed by atoms with van der Waals surface area (Å²) in [7, 11) is 0. The van der Waals surface area contributed by atoms with Gasteiger partial charge in [-0.15, -0.1) is 34.0 Å². The lowest BCUT2D eigenvalue weighted by Gasteiger charge is -2.10. The molecule has 0 aliphatic carbocycles. The SMILES string of the molecule is Br.Br.c1ccc(-c2ccccc2-c2ccc3ccccc3n2)cc1. The van der Waals surface area contributed by atoms with Crippen molar-refractivity contribution in [3.8, 4) is 22.4 Å². The highest BCUT2D eigenvalue weighted by Gasteiger charge is 2.08. The molecule has 1 heterocycles. The largest absolute Gasteiger partial charge is 0.248 e. The molecule has 0 spiro atoms. The zero-order valence-electron chi connectivity index (χ0n) is 12.9. The summed E-state index contributed by atoms with van der Waals surface area (Å²) in [6.07, 6.45) is 0. The molecular formula is C21H17Br2N. The fraction of sp³-hybridized carbons (Fsp3) is 0. The average molecular weight is 443 g/mol. The number of para-hydroxylation sites is 1. The summed E-state index contributed by atoms with van der Waals surface area (Å²) < 4.78 is 0. The summed E-state index contributed by atoms with van der Waals surface area (Å²) >= 11 is 0. The minimum absolute atomic E-state index is 0. The number of benzene rings is 3. The summed E-state index contributed by atoms with van der Waals surface area (Å²) in [5.41, 5.74) is 5.64. The molecule has 0 aliphatic heterocycles. The maximum absolute atomic E-state index is 4.83. The average Bonchev–Trinajstić information content (AvgIpc) is 2.62. The molecule has 0 fully saturated rings. The van der Waals surface area contributed by atoms with Gasteiger partial charge in [-0.3, -0.25) is 0 Å². The quantitative estimate of drug-likeness (QED) is 0.335. The molecule has 0 bridgehead atoms. The molecule has 0 N–H and O–H groups in total. The van der Waals surface area contributed by atoms with Gasteiger partial charge < -0.3 is 0 Å². The van der Waals surface area contributed by atoms with Crippen LogP contribution in [0.2, 0.25) is 0 Å². The maximum Gasteiger partial charge on any atom is 0.0715 e. The number of nitrogens with zero attached hydrogens (tertiary/aromatic N) is 1. The van der Waals surface area contributed by atoms with Crippen LogP contribution in [0.4, 0.5) is 0 Å². The molecule has 0 saturated carbocycles. The van der Waals surface area contributed by atoms with Crippen molar-refractivity contribution >= 4 is 44.9 Å². The van der Waals surface area contributed by atoms with Gasteiger partial charge in [0.15, 0.2) is 0 Å². The molecule has 0 radical (unpaired) electrons. The molecule has 1 aromatic heterocycles. The molecule has 24 heavy (non-hydrogen) atoms. The minimum atomic E-state index is 0. The summed E-state index contributed by atoms with van der Waals surface area (Å²) in [6, 6.07) is 31.4. The van der Waals surface area contributed by atoms with Gasteiger partial charge in [0.1, 0.15) is 0 Å². The smallest absolute Gasteiger partial charge is 0.0715 e. The zero-order valence-corrected chi connectivity index (χ0v) is 16.4. The number of hydrogen-bond donors (Lipinski definition) is 0. The van der Waals surface area contributed by atoms with Gasteiger partial charge in [0.2, 0.25) is 0 Å². The Hall–Kier alpha value is -1.97. The third-order valence-electron chi connectivity index (χ3n) is 3.89. The first kappa shape index (κ1) is 18.4. The Kier molecular flexibility index (Phi) is 6.29. The Balaban J connectivity index is 0.00000104. The molecule has 3 heteroatoms. The first-order valence-corrected chi connectivity index (χ1v) is 7.42. The third-order valence-corrected chi connectivity index (χ3v) is 3.89. The minimum Gasteiger partial charge on any atom is -0.248 e. The fourth-order valence-electron chi connectivity index (χ4n) is 2.79. The molecule has 4 rings (SSSR count). The van der Waals surface area contributed by atoms with Crippen LogP contribution >= 0.6 is 34.0 Å². The predicted octanol–water partition coefficient (Wildman–Crippen LogP) is 6.72. The van der Waals surface area contributed by atoms with E-state index in [2.05, 4.69) is 72.8 Å². The summed E-state index contributed by atoms with van der Waals surface area (Å²) in [6.45, 7) is 0. The van der Waals surface area contributed by atoms with Gasteiger partial charge in [0.05, 0.1) is 11.2 Å². The lowest BCUT2D eigenvalue weighted by atomic mass is 9.97. The van der Waals surface area contributed by atoms with E-state index in [0.29, 0.717) is 0 Å². The van der Waals surface area contributed by atoms with Crippen molar-refractivity contribution in [3.63, 3.8) is 0 Å². The zero-order chi connectivity index (χ0) is 14.8. The molecule has 120 valence electrons. The van der Waals surface area contributed by atoms with E-state index in [-0.39, 0.29) is 34.0 Å². The van der Waals surface area contributed by atoms with Gasteiger partial charge in [-0.2, -0.15) is 0 Å². The van der Waals surface area contributed by atoms with E-state index in [0.717, 1.165) is 11.2 Å². The van der Waals surface area contributed by atoms with Gasteiger partial charge in [-0.1, -0.05) is 78.9 Å². The molecule has 0 atom stereocenters. The van der Waals surface area contributed by atoms with Crippen molar-refractivity contribution in [2.45, 2.75) is 0 Å². The monoisotopic (exact) mass is 441 g/mol. The van der Waals surface area contributed by atoms with Gasteiger partial charge in [0.25, 0.3) is 0 Å². The maximum atomic E-state index is 4.83. The molecule has 0 unspecified atom stereocenters. The number of rotatable bonds is 2. The van der Waals surface area contributed by atoms with E-state index in [1.54, 1.807) is 0 Å². The van der Waals surface area contributed by atoms with Crippen molar-refractivity contribution in [2.75, 3.05) is 0 Å². The molecule has 4 aromatic rings. The number of halogens is 2. The highest BCUT2D eigenvalue weighted by atomic mass is 79.9. The van der Waals surface area contributed by atoms with E-state index in [1.165, 1.54) is 22.1 Å². The standard InChI is InChI=1S/C21H15N.2BrH/c1-2-8-16(9-3-1)18-11-5-6-12-19(18)21-15-14-17-10-4-7-13-20(17)22-21;;/h1-15H;2*1H. The first-order chi connectivity index (χ1) is 10.9. The summed E-state index contributed by atoms with van der Waals surface area (Å²) in [5.74, 6) is 0. The van der Waals surface area contributed by atoms with E-state index in [1.807, 2.05) is 18.2 Å². The number of hydrogen-bond acceptors (Lipinski definition) is 1. The van der Waals surface area contributed by atoms with Crippen LogP contribution in [0.5, 0.6) is 0 Å². The van der Waals surface area contributed by atoms with Crippen molar-refractivity contribution in [1.82, 2.24) is 4.98 Å².